The molecule has 2 unspecified atom stereocenters. The lowest BCUT2D eigenvalue weighted by Gasteiger charge is -2.46. The van der Waals surface area contributed by atoms with Crippen LogP contribution in [-0.4, -0.2) is 21.2 Å². The number of nitro groups is 1. The summed E-state index contributed by atoms with van der Waals surface area (Å²) in [5, 5.41) is 17.0. The average molecular weight is 441 g/mol. The molecule has 0 saturated heterocycles. The van der Waals surface area contributed by atoms with Crippen molar-refractivity contribution in [3.05, 3.63) is 75.3 Å². The van der Waals surface area contributed by atoms with Crippen LogP contribution in [0.1, 0.15) is 22.8 Å². The van der Waals surface area contributed by atoms with Crippen LogP contribution in [-0.2, 0) is 16.1 Å². The molecule has 0 fully saturated rings. The van der Waals surface area contributed by atoms with Gasteiger partial charge in [-0.1, -0.05) is 61.9 Å². The van der Waals surface area contributed by atoms with Crippen molar-refractivity contribution >= 4 is 21.9 Å². The molecule has 2 aromatic carbocycles. The summed E-state index contributed by atoms with van der Waals surface area (Å²) in [7, 11) is -10.7. The normalized spacial score (nSPS) is 16.2. The summed E-state index contributed by atoms with van der Waals surface area (Å²) in [6.45, 7) is 0.329. The number of aryl methyl sites for hydroxylation is 1. The number of carbonyl (C=O) groups is 1. The smallest absolute Gasteiger partial charge is 0.331 e. The first-order valence-corrected chi connectivity index (χ1v) is 9.98. The summed E-state index contributed by atoms with van der Waals surface area (Å²) in [6.07, 6.45) is -3.24. The molecule has 0 aliphatic rings. The van der Waals surface area contributed by atoms with E-state index in [0.29, 0.717) is 0 Å². The number of nitrogens with zero attached hydrogens (tertiary/aromatic N) is 1. The second kappa shape index (κ2) is 6.95. The molecule has 0 aliphatic carbocycles. The fourth-order valence-corrected chi connectivity index (χ4v) is 3.78. The quantitative estimate of drug-likeness (QED) is 0.271. The van der Waals surface area contributed by atoms with Gasteiger partial charge in [0.1, 0.15) is 12.7 Å². The molecular formula is C17H16F5NO5S. The van der Waals surface area contributed by atoms with Crippen molar-refractivity contribution in [3.63, 3.8) is 0 Å². The van der Waals surface area contributed by atoms with Crippen LogP contribution in [0.15, 0.2) is 48.5 Å². The number of aliphatic hydroxyl groups excluding tert-OH is 1. The lowest BCUT2D eigenvalue weighted by atomic mass is 9.99. The van der Waals surface area contributed by atoms with Crippen molar-refractivity contribution in [2.24, 2.45) is 0 Å². The molecule has 29 heavy (non-hydrogen) atoms. The summed E-state index contributed by atoms with van der Waals surface area (Å²) in [4.78, 5) is 22.0. The average Bonchev–Trinajstić information content (AvgIpc) is 2.58. The first-order valence-electron chi connectivity index (χ1n) is 7.97. The van der Waals surface area contributed by atoms with E-state index >= 15 is 0 Å². The van der Waals surface area contributed by atoms with Gasteiger partial charge in [0.15, 0.2) is 0 Å². The molecular weight excluding hydrogens is 425 g/mol. The Morgan fingerprint density at radius 1 is 1.10 bits per heavy atom. The number of aliphatic hydroxyl groups is 1. The van der Waals surface area contributed by atoms with Gasteiger partial charge in [0.25, 0.3) is 5.69 Å². The van der Waals surface area contributed by atoms with Gasteiger partial charge < -0.3 is 9.84 Å². The Morgan fingerprint density at radius 2 is 1.69 bits per heavy atom. The molecule has 0 spiro atoms. The van der Waals surface area contributed by atoms with Crippen molar-refractivity contribution in [2.45, 2.75) is 24.9 Å². The van der Waals surface area contributed by atoms with Crippen LogP contribution in [0.25, 0.3) is 0 Å². The van der Waals surface area contributed by atoms with E-state index in [1.807, 2.05) is 0 Å². The molecule has 0 radical (unpaired) electrons. The molecule has 0 amide bonds. The van der Waals surface area contributed by atoms with Gasteiger partial charge in [0.05, 0.1) is 10.5 Å². The number of rotatable bonds is 7. The monoisotopic (exact) mass is 441 g/mol. The van der Waals surface area contributed by atoms with Crippen LogP contribution >= 0.6 is 10.2 Å². The van der Waals surface area contributed by atoms with Crippen LogP contribution < -0.4 is 0 Å². The number of hydrogen-bond donors (Lipinski definition) is 1. The fraction of sp³-hybridized carbons (Fsp3) is 0.235. The summed E-state index contributed by atoms with van der Waals surface area (Å²) in [5.74, 6) is -2.43. The third-order valence-electron chi connectivity index (χ3n) is 4.02. The van der Waals surface area contributed by atoms with E-state index in [-0.39, 0.29) is 11.1 Å². The topological polar surface area (TPSA) is 89.7 Å². The molecule has 0 saturated carbocycles. The zero-order valence-corrected chi connectivity index (χ0v) is 15.6. The first kappa shape index (κ1) is 22.6. The number of ether oxygens (including phenoxy) is 1. The maximum atomic E-state index is 13.6. The Bertz CT molecular complexity index is 937. The van der Waals surface area contributed by atoms with Crippen LogP contribution in [0, 0.1) is 17.0 Å². The minimum Gasteiger partial charge on any atom is -0.460 e. The molecule has 0 heterocycles. The maximum Gasteiger partial charge on any atom is 0.331 e. The second-order valence-corrected chi connectivity index (χ2v) is 8.82. The Labute approximate surface area is 161 Å². The van der Waals surface area contributed by atoms with Gasteiger partial charge in [-0.15, -0.1) is 0 Å². The Balaban J connectivity index is 2.51. The van der Waals surface area contributed by atoms with Gasteiger partial charge in [0.2, 0.25) is 5.25 Å². The molecule has 0 aliphatic heterocycles. The molecule has 0 bridgehead atoms. The minimum atomic E-state index is -10.7. The fourth-order valence-electron chi connectivity index (χ4n) is 2.73. The molecule has 2 aromatic rings. The van der Waals surface area contributed by atoms with Crippen molar-refractivity contribution in [1.29, 1.82) is 0 Å². The van der Waals surface area contributed by atoms with Gasteiger partial charge >= 0.3 is 16.2 Å². The van der Waals surface area contributed by atoms with E-state index in [2.05, 4.69) is 4.74 Å². The largest absolute Gasteiger partial charge is 0.460 e. The number of halogens is 5. The van der Waals surface area contributed by atoms with Gasteiger partial charge in [0, 0.05) is 6.07 Å². The van der Waals surface area contributed by atoms with Gasteiger partial charge in [-0.3, -0.25) is 14.9 Å². The SMILES string of the molecule is Cc1cccc([N+](=O)[O-])c1C(O)C(C(=O)OCc1ccccc1)S(F)(F)(F)(F)F. The molecule has 2 atom stereocenters. The van der Waals surface area contributed by atoms with Crippen LogP contribution in [0.4, 0.5) is 25.1 Å². The van der Waals surface area contributed by atoms with Gasteiger partial charge in [-0.25, -0.2) is 0 Å². The molecule has 6 nitrogen and oxygen atoms in total. The maximum absolute atomic E-state index is 13.6. The van der Waals surface area contributed by atoms with Gasteiger partial charge in [-0.05, 0) is 18.1 Å². The molecule has 12 heteroatoms. The van der Waals surface area contributed by atoms with Gasteiger partial charge in [-0.2, -0.15) is 0 Å². The van der Waals surface area contributed by atoms with E-state index in [1.54, 1.807) is 6.07 Å². The zero-order valence-electron chi connectivity index (χ0n) is 14.8. The lowest BCUT2D eigenvalue weighted by molar-refractivity contribution is -0.386. The predicted molar refractivity (Wildman–Crippen MR) is 96.0 cm³/mol. The van der Waals surface area contributed by atoms with E-state index in [4.69, 9.17) is 0 Å². The van der Waals surface area contributed by atoms with E-state index in [9.17, 15) is 39.4 Å². The number of esters is 1. The van der Waals surface area contributed by atoms with Crippen molar-refractivity contribution in [1.82, 2.24) is 0 Å². The molecule has 2 rings (SSSR count). The molecule has 160 valence electrons. The molecule has 0 aromatic heterocycles. The van der Waals surface area contributed by atoms with Crippen LogP contribution in [0.2, 0.25) is 0 Å². The Morgan fingerprint density at radius 3 is 2.21 bits per heavy atom. The Hall–Kier alpha value is -2.73. The second-order valence-electron chi connectivity index (χ2n) is 6.25. The molecule has 1 N–H and O–H groups in total. The summed E-state index contributed by atoms with van der Waals surface area (Å²) < 4.78 is 72.5. The first-order chi connectivity index (χ1) is 13.1. The van der Waals surface area contributed by atoms with Crippen molar-refractivity contribution in [2.75, 3.05) is 0 Å². The van der Waals surface area contributed by atoms with Crippen LogP contribution in [0.5, 0.6) is 0 Å². The summed E-state index contributed by atoms with van der Waals surface area (Å²) in [5.41, 5.74) is -2.11. The predicted octanol–water partition coefficient (Wildman–Crippen LogP) is 5.35. The summed E-state index contributed by atoms with van der Waals surface area (Å²) in [6, 6.07) is 10.2. The minimum absolute atomic E-state index is 0.220. The third kappa shape index (κ3) is 5.41. The van der Waals surface area contributed by atoms with E-state index in [0.717, 1.165) is 25.1 Å². The van der Waals surface area contributed by atoms with Crippen LogP contribution in [0.3, 0.4) is 0 Å². The highest BCUT2D eigenvalue weighted by atomic mass is 32.5. The van der Waals surface area contributed by atoms with Crippen molar-refractivity contribution in [3.8, 4) is 0 Å². The number of hydrogen-bond acceptors (Lipinski definition) is 5. The summed E-state index contributed by atoms with van der Waals surface area (Å²) >= 11 is 0. The zero-order chi connectivity index (χ0) is 22.1. The third-order valence-corrected chi connectivity index (χ3v) is 5.43. The standard InChI is InChI=1S/C17H16F5NO5S/c1-11-6-5-9-13(23(26)27)14(11)15(24)16(29(18,19,20,21)22)17(25)28-10-12-7-3-2-4-8-12/h2-9,15-16,24H,10H2,1H3. The Kier molecular flexibility index (Phi) is 5.41. The van der Waals surface area contributed by atoms with E-state index < -0.39 is 50.3 Å². The number of nitro benzene ring substituents is 1. The number of carbonyl (C=O) groups excluding carboxylic acids is 1. The highest BCUT2D eigenvalue weighted by Gasteiger charge is 2.76. The van der Waals surface area contributed by atoms with Crippen molar-refractivity contribution < 1.29 is 39.0 Å². The number of benzene rings is 2. The lowest BCUT2D eigenvalue weighted by Crippen LogP contribution is -2.40. The highest BCUT2D eigenvalue weighted by molar-refractivity contribution is 8.46. The highest BCUT2D eigenvalue weighted by Crippen LogP contribution is 3.01. The van der Waals surface area contributed by atoms with E-state index in [1.165, 1.54) is 24.3 Å².